The Morgan fingerprint density at radius 2 is 2.00 bits per heavy atom. The molecule has 1 heterocycles. The fraction of sp³-hybridized carbons (Fsp3) is 0.533. The summed E-state index contributed by atoms with van der Waals surface area (Å²) < 4.78 is 6.92. The molecule has 5 heteroatoms. The zero-order valence-electron chi connectivity index (χ0n) is 12.5. The van der Waals surface area contributed by atoms with Crippen molar-refractivity contribution in [2.75, 3.05) is 6.61 Å². The highest BCUT2D eigenvalue weighted by atomic mass is 16.5. The second-order valence-electron chi connectivity index (χ2n) is 5.05. The van der Waals surface area contributed by atoms with E-state index in [4.69, 9.17) is 4.74 Å². The van der Waals surface area contributed by atoms with E-state index in [2.05, 4.69) is 10.3 Å². The molecule has 0 aliphatic carbocycles. The van der Waals surface area contributed by atoms with E-state index >= 15 is 0 Å². The lowest BCUT2D eigenvalue weighted by molar-refractivity contribution is -0.148. The van der Waals surface area contributed by atoms with Crippen LogP contribution in [0.5, 0.6) is 0 Å². The van der Waals surface area contributed by atoms with Crippen LogP contribution in [0.2, 0.25) is 0 Å². The van der Waals surface area contributed by atoms with Crippen LogP contribution in [0.4, 0.5) is 0 Å². The molecule has 1 atom stereocenters. The smallest absolute Gasteiger partial charge is 0.331 e. The van der Waals surface area contributed by atoms with Crippen LogP contribution in [-0.4, -0.2) is 27.6 Å². The number of carbonyl (C=O) groups excluding carboxylic acids is 1. The fourth-order valence-electron chi connectivity index (χ4n) is 2.16. The summed E-state index contributed by atoms with van der Waals surface area (Å²) >= 11 is 0. The molecule has 0 saturated carbocycles. The molecule has 1 aromatic carbocycles. The van der Waals surface area contributed by atoms with E-state index in [0.717, 1.165) is 23.0 Å². The molecule has 0 aliphatic rings. The van der Waals surface area contributed by atoms with Crippen LogP contribution in [-0.2, 0) is 9.53 Å². The van der Waals surface area contributed by atoms with Gasteiger partial charge in [-0.25, -0.2) is 9.48 Å². The van der Waals surface area contributed by atoms with Crippen molar-refractivity contribution in [3.63, 3.8) is 0 Å². The lowest BCUT2D eigenvalue weighted by Crippen LogP contribution is -2.22. The van der Waals surface area contributed by atoms with Gasteiger partial charge in [0.2, 0.25) is 0 Å². The average Bonchev–Trinajstić information content (AvgIpc) is 2.81. The summed E-state index contributed by atoms with van der Waals surface area (Å²) in [5.41, 5.74) is 4.03. The number of benzene rings is 1. The molecule has 0 N–H and O–H groups in total. The Morgan fingerprint density at radius 1 is 1.30 bits per heavy atom. The van der Waals surface area contributed by atoms with Gasteiger partial charge in [-0.05, 0) is 49.9 Å². The maximum absolute atomic E-state index is 12.1. The molecular formula is C15H21N3O2. The molecule has 108 valence electrons. The van der Waals surface area contributed by atoms with Crippen LogP contribution in [0, 0.1) is 13.8 Å². The highest BCUT2D eigenvalue weighted by Gasteiger charge is 2.23. The Morgan fingerprint density at radius 3 is 2.65 bits per heavy atom. The van der Waals surface area contributed by atoms with Crippen molar-refractivity contribution in [3.8, 4) is 0 Å². The lowest BCUT2D eigenvalue weighted by Gasteiger charge is -2.15. The Bertz CT molecular complexity index is 619. The first-order valence-electron chi connectivity index (χ1n) is 7.07. The van der Waals surface area contributed by atoms with Crippen LogP contribution in [0.1, 0.15) is 43.9 Å². The van der Waals surface area contributed by atoms with Gasteiger partial charge in [-0.1, -0.05) is 19.1 Å². The normalized spacial score (nSPS) is 12.6. The molecule has 2 aromatic rings. The van der Waals surface area contributed by atoms with E-state index in [-0.39, 0.29) is 5.97 Å². The summed E-state index contributed by atoms with van der Waals surface area (Å²) in [5, 5.41) is 8.30. The second kappa shape index (κ2) is 6.03. The van der Waals surface area contributed by atoms with Gasteiger partial charge in [-0.15, -0.1) is 5.10 Å². The fourth-order valence-corrected chi connectivity index (χ4v) is 2.16. The molecule has 5 nitrogen and oxygen atoms in total. The first-order valence-corrected chi connectivity index (χ1v) is 7.07. The topological polar surface area (TPSA) is 57.0 Å². The first kappa shape index (κ1) is 14.5. The number of fused-ring (bicyclic) bond motifs is 1. The Kier molecular flexibility index (Phi) is 4.37. The number of hydrogen-bond donors (Lipinski definition) is 0. The van der Waals surface area contributed by atoms with Crippen molar-refractivity contribution >= 4 is 17.0 Å². The Hall–Kier alpha value is -1.91. The summed E-state index contributed by atoms with van der Waals surface area (Å²) in [7, 11) is 0. The van der Waals surface area contributed by atoms with Crippen LogP contribution in [0.25, 0.3) is 11.0 Å². The zero-order valence-corrected chi connectivity index (χ0v) is 12.5. The van der Waals surface area contributed by atoms with Crippen LogP contribution in [0.3, 0.4) is 0 Å². The molecule has 0 amide bonds. The number of rotatable bonds is 5. The van der Waals surface area contributed by atoms with Gasteiger partial charge in [0.15, 0.2) is 6.04 Å². The number of hydrogen-bond acceptors (Lipinski definition) is 4. The SMILES string of the molecule is CCCOC(=O)C(CC)n1nnc2cc(C)c(C)cc21. The van der Waals surface area contributed by atoms with Crippen LogP contribution in [0.15, 0.2) is 12.1 Å². The van der Waals surface area contributed by atoms with Crippen molar-refractivity contribution in [1.29, 1.82) is 0 Å². The third-order valence-electron chi connectivity index (χ3n) is 3.49. The monoisotopic (exact) mass is 275 g/mol. The highest BCUT2D eigenvalue weighted by molar-refractivity contribution is 5.80. The predicted molar refractivity (Wildman–Crippen MR) is 77.6 cm³/mol. The van der Waals surface area contributed by atoms with Crippen LogP contribution < -0.4 is 0 Å². The molecule has 1 aromatic heterocycles. The summed E-state index contributed by atoms with van der Waals surface area (Å²) in [6, 6.07) is 3.62. The van der Waals surface area contributed by atoms with E-state index in [9.17, 15) is 4.79 Å². The van der Waals surface area contributed by atoms with E-state index in [1.54, 1.807) is 4.68 Å². The van der Waals surface area contributed by atoms with Gasteiger partial charge < -0.3 is 4.74 Å². The number of aryl methyl sites for hydroxylation is 2. The molecule has 2 rings (SSSR count). The number of ether oxygens (including phenoxy) is 1. The summed E-state index contributed by atoms with van der Waals surface area (Å²) in [6.45, 7) is 8.46. The average molecular weight is 275 g/mol. The number of aromatic nitrogens is 3. The molecule has 0 aliphatic heterocycles. The van der Waals surface area contributed by atoms with E-state index in [1.807, 2.05) is 39.8 Å². The maximum atomic E-state index is 12.1. The van der Waals surface area contributed by atoms with E-state index < -0.39 is 6.04 Å². The lowest BCUT2D eigenvalue weighted by atomic mass is 10.1. The summed E-state index contributed by atoms with van der Waals surface area (Å²) in [4.78, 5) is 12.1. The van der Waals surface area contributed by atoms with Gasteiger partial charge in [0.1, 0.15) is 5.52 Å². The van der Waals surface area contributed by atoms with E-state index in [0.29, 0.717) is 13.0 Å². The van der Waals surface area contributed by atoms with Gasteiger partial charge >= 0.3 is 5.97 Å². The standard InChI is InChI=1S/C15H21N3O2/c1-5-7-20-15(19)13(6-2)18-14-9-11(4)10(3)8-12(14)16-17-18/h8-9,13H,5-7H2,1-4H3. The number of esters is 1. The first-order chi connectivity index (χ1) is 9.58. The number of nitrogens with zero attached hydrogens (tertiary/aromatic N) is 3. The molecule has 0 saturated heterocycles. The molecule has 1 unspecified atom stereocenters. The Labute approximate surface area is 118 Å². The van der Waals surface area contributed by atoms with Crippen molar-refractivity contribution in [2.45, 2.75) is 46.6 Å². The third kappa shape index (κ3) is 2.66. The largest absolute Gasteiger partial charge is 0.464 e. The minimum absolute atomic E-state index is 0.237. The molecule has 0 radical (unpaired) electrons. The summed E-state index contributed by atoms with van der Waals surface area (Å²) in [6.07, 6.45) is 1.45. The van der Waals surface area contributed by atoms with E-state index in [1.165, 1.54) is 5.56 Å². The number of carbonyl (C=O) groups is 1. The summed E-state index contributed by atoms with van der Waals surface area (Å²) in [5.74, 6) is -0.237. The minimum atomic E-state index is -0.409. The molecule has 0 fully saturated rings. The van der Waals surface area contributed by atoms with Crippen molar-refractivity contribution in [3.05, 3.63) is 23.3 Å². The van der Waals surface area contributed by atoms with Gasteiger partial charge in [0, 0.05) is 0 Å². The van der Waals surface area contributed by atoms with Gasteiger partial charge in [0.05, 0.1) is 12.1 Å². The van der Waals surface area contributed by atoms with Gasteiger partial charge in [-0.3, -0.25) is 0 Å². The molecule has 0 spiro atoms. The quantitative estimate of drug-likeness (QED) is 0.787. The molecular weight excluding hydrogens is 254 g/mol. The van der Waals surface area contributed by atoms with Gasteiger partial charge in [-0.2, -0.15) is 0 Å². The molecule has 20 heavy (non-hydrogen) atoms. The van der Waals surface area contributed by atoms with Crippen molar-refractivity contribution < 1.29 is 9.53 Å². The van der Waals surface area contributed by atoms with Crippen LogP contribution >= 0.6 is 0 Å². The highest BCUT2D eigenvalue weighted by Crippen LogP contribution is 2.22. The minimum Gasteiger partial charge on any atom is -0.464 e. The zero-order chi connectivity index (χ0) is 14.7. The van der Waals surface area contributed by atoms with Crippen molar-refractivity contribution in [1.82, 2.24) is 15.0 Å². The molecule has 0 bridgehead atoms. The third-order valence-corrected chi connectivity index (χ3v) is 3.49. The second-order valence-corrected chi connectivity index (χ2v) is 5.05. The maximum Gasteiger partial charge on any atom is 0.331 e. The van der Waals surface area contributed by atoms with Gasteiger partial charge in [0.25, 0.3) is 0 Å². The Balaban J connectivity index is 2.39. The predicted octanol–water partition coefficient (Wildman–Crippen LogP) is 2.95. The van der Waals surface area contributed by atoms with Crippen molar-refractivity contribution in [2.24, 2.45) is 0 Å².